The fraction of sp³-hybridized carbons (Fsp3) is 0.235. The van der Waals surface area contributed by atoms with Crippen molar-refractivity contribution in [1.29, 1.82) is 0 Å². The molecule has 2 aromatic heterocycles. The zero-order valence-corrected chi connectivity index (χ0v) is 15.0. The van der Waals surface area contributed by atoms with Crippen molar-refractivity contribution < 1.29 is 9.18 Å². The standard InChI is InChI=1S/C17H16BrFN2OS/c1-2-6-21-13-9-16(18)23-15(13)8-14(21)17(22)20-10-11-4-3-5-12(19)7-11/h3-5,7-9H,2,6,10H2,1H3,(H,20,22). The van der Waals surface area contributed by atoms with Crippen molar-refractivity contribution in [2.45, 2.75) is 26.4 Å². The number of hydrogen-bond acceptors (Lipinski definition) is 2. The fourth-order valence-electron chi connectivity index (χ4n) is 2.58. The third kappa shape index (κ3) is 3.48. The first kappa shape index (κ1) is 16.2. The Bertz CT molecular complexity index is 856. The van der Waals surface area contributed by atoms with Crippen LogP contribution in [0.25, 0.3) is 10.2 Å². The second-order valence-corrected chi connectivity index (χ2v) is 7.76. The first-order valence-corrected chi connectivity index (χ1v) is 9.00. The van der Waals surface area contributed by atoms with Crippen LogP contribution in [0.1, 0.15) is 29.4 Å². The van der Waals surface area contributed by atoms with Crippen molar-refractivity contribution in [3.63, 3.8) is 0 Å². The van der Waals surface area contributed by atoms with E-state index in [2.05, 4.69) is 28.2 Å². The van der Waals surface area contributed by atoms with Crippen molar-refractivity contribution in [3.8, 4) is 0 Å². The van der Waals surface area contributed by atoms with Gasteiger partial charge in [0.1, 0.15) is 11.5 Å². The van der Waals surface area contributed by atoms with Crippen LogP contribution >= 0.6 is 27.3 Å². The Kier molecular flexibility index (Phi) is 4.82. The number of aromatic nitrogens is 1. The molecule has 0 bridgehead atoms. The van der Waals surface area contributed by atoms with Gasteiger partial charge in [-0.15, -0.1) is 11.3 Å². The second-order valence-electron chi connectivity index (χ2n) is 5.29. The molecule has 0 saturated carbocycles. The molecule has 1 amide bonds. The number of nitrogens with one attached hydrogen (secondary N) is 1. The highest BCUT2D eigenvalue weighted by molar-refractivity contribution is 9.11. The van der Waals surface area contributed by atoms with E-state index in [1.54, 1.807) is 23.5 Å². The number of carbonyl (C=O) groups excluding carboxylic acids is 1. The summed E-state index contributed by atoms with van der Waals surface area (Å²) in [6.07, 6.45) is 0.946. The number of fused-ring (bicyclic) bond motifs is 1. The van der Waals surface area contributed by atoms with E-state index in [1.165, 1.54) is 12.1 Å². The molecule has 120 valence electrons. The number of benzene rings is 1. The lowest BCUT2D eigenvalue weighted by molar-refractivity contribution is 0.0942. The summed E-state index contributed by atoms with van der Waals surface area (Å²) in [5.74, 6) is -0.432. The van der Waals surface area contributed by atoms with Crippen LogP contribution in [0.2, 0.25) is 0 Å². The van der Waals surface area contributed by atoms with Gasteiger partial charge in [-0.2, -0.15) is 0 Å². The lowest BCUT2D eigenvalue weighted by Crippen LogP contribution is -2.25. The molecule has 0 radical (unpaired) electrons. The third-order valence-corrected chi connectivity index (χ3v) is 5.16. The molecule has 2 heterocycles. The fourth-order valence-corrected chi connectivity index (χ4v) is 4.15. The number of halogens is 2. The number of aryl methyl sites for hydroxylation is 1. The molecule has 3 nitrogen and oxygen atoms in total. The van der Waals surface area contributed by atoms with E-state index >= 15 is 0 Å². The number of nitrogens with zero attached hydrogens (tertiary/aromatic N) is 1. The Labute approximate surface area is 146 Å². The molecular formula is C17H16BrFN2OS. The van der Waals surface area contributed by atoms with E-state index in [9.17, 15) is 9.18 Å². The summed E-state index contributed by atoms with van der Waals surface area (Å²) >= 11 is 5.10. The van der Waals surface area contributed by atoms with Crippen LogP contribution in [0.5, 0.6) is 0 Å². The molecule has 0 aliphatic carbocycles. The van der Waals surface area contributed by atoms with Gasteiger partial charge in [-0.05, 0) is 52.2 Å². The summed E-state index contributed by atoms with van der Waals surface area (Å²) in [7, 11) is 0. The zero-order valence-electron chi connectivity index (χ0n) is 12.6. The normalized spacial score (nSPS) is 11.1. The van der Waals surface area contributed by atoms with Gasteiger partial charge in [-0.3, -0.25) is 4.79 Å². The molecule has 0 atom stereocenters. The summed E-state index contributed by atoms with van der Waals surface area (Å²) < 4.78 is 17.4. The van der Waals surface area contributed by atoms with Crippen LogP contribution in [0.4, 0.5) is 4.39 Å². The van der Waals surface area contributed by atoms with Gasteiger partial charge >= 0.3 is 0 Å². The van der Waals surface area contributed by atoms with Crippen LogP contribution < -0.4 is 5.32 Å². The summed E-state index contributed by atoms with van der Waals surface area (Å²) in [5.41, 5.74) is 2.47. The van der Waals surface area contributed by atoms with Crippen molar-refractivity contribution >= 4 is 43.4 Å². The summed E-state index contributed by atoms with van der Waals surface area (Å²) in [6, 6.07) is 10.2. The van der Waals surface area contributed by atoms with Gasteiger partial charge in [0.15, 0.2) is 0 Å². The van der Waals surface area contributed by atoms with E-state index in [0.717, 1.165) is 32.5 Å². The maximum Gasteiger partial charge on any atom is 0.268 e. The number of carbonyl (C=O) groups is 1. The van der Waals surface area contributed by atoms with Crippen LogP contribution in [-0.2, 0) is 13.1 Å². The van der Waals surface area contributed by atoms with Crippen LogP contribution in [0.15, 0.2) is 40.2 Å². The average Bonchev–Trinajstić information content (AvgIpc) is 3.03. The molecule has 23 heavy (non-hydrogen) atoms. The summed E-state index contributed by atoms with van der Waals surface area (Å²) in [6.45, 7) is 3.18. The van der Waals surface area contributed by atoms with E-state index in [1.807, 2.05) is 16.7 Å². The Balaban J connectivity index is 1.82. The zero-order chi connectivity index (χ0) is 16.4. The number of thiophene rings is 1. The predicted octanol–water partition coefficient (Wildman–Crippen LogP) is 4.94. The molecule has 3 aromatic rings. The van der Waals surface area contributed by atoms with Gasteiger partial charge in [-0.25, -0.2) is 4.39 Å². The van der Waals surface area contributed by atoms with E-state index in [0.29, 0.717) is 12.2 Å². The van der Waals surface area contributed by atoms with Gasteiger partial charge in [0.25, 0.3) is 5.91 Å². The van der Waals surface area contributed by atoms with Crippen molar-refractivity contribution in [3.05, 3.63) is 57.3 Å². The summed E-state index contributed by atoms with van der Waals surface area (Å²) in [5, 5.41) is 2.87. The van der Waals surface area contributed by atoms with Gasteiger partial charge in [-0.1, -0.05) is 19.1 Å². The van der Waals surface area contributed by atoms with Crippen LogP contribution in [0.3, 0.4) is 0 Å². The molecule has 0 aliphatic rings. The van der Waals surface area contributed by atoms with E-state index in [-0.39, 0.29) is 11.7 Å². The molecule has 0 aliphatic heterocycles. The van der Waals surface area contributed by atoms with Crippen molar-refractivity contribution in [2.24, 2.45) is 0 Å². The van der Waals surface area contributed by atoms with Gasteiger partial charge in [0.2, 0.25) is 0 Å². The Morgan fingerprint density at radius 1 is 1.35 bits per heavy atom. The highest BCUT2D eigenvalue weighted by atomic mass is 79.9. The molecule has 1 aromatic carbocycles. The molecule has 6 heteroatoms. The number of rotatable bonds is 5. The second kappa shape index (κ2) is 6.84. The minimum absolute atomic E-state index is 0.137. The molecule has 0 fully saturated rings. The van der Waals surface area contributed by atoms with Crippen LogP contribution in [0, 0.1) is 5.82 Å². The molecule has 0 saturated heterocycles. The Hall–Kier alpha value is -1.66. The largest absolute Gasteiger partial charge is 0.347 e. The monoisotopic (exact) mass is 394 g/mol. The maximum atomic E-state index is 13.2. The lowest BCUT2D eigenvalue weighted by Gasteiger charge is -2.10. The topological polar surface area (TPSA) is 34.0 Å². The minimum Gasteiger partial charge on any atom is -0.347 e. The first-order chi connectivity index (χ1) is 11.1. The SMILES string of the molecule is CCCn1c(C(=O)NCc2cccc(F)c2)cc2sc(Br)cc21. The summed E-state index contributed by atoms with van der Waals surface area (Å²) in [4.78, 5) is 12.5. The first-order valence-electron chi connectivity index (χ1n) is 7.39. The third-order valence-electron chi connectivity index (χ3n) is 3.58. The molecule has 0 spiro atoms. The van der Waals surface area contributed by atoms with Gasteiger partial charge < -0.3 is 9.88 Å². The lowest BCUT2D eigenvalue weighted by atomic mass is 10.2. The maximum absolute atomic E-state index is 13.2. The molecular weight excluding hydrogens is 379 g/mol. The Morgan fingerprint density at radius 2 is 2.17 bits per heavy atom. The smallest absolute Gasteiger partial charge is 0.268 e. The average molecular weight is 395 g/mol. The molecule has 1 N–H and O–H groups in total. The molecule has 0 unspecified atom stereocenters. The quantitative estimate of drug-likeness (QED) is 0.652. The predicted molar refractivity (Wildman–Crippen MR) is 95.4 cm³/mol. The van der Waals surface area contributed by atoms with E-state index < -0.39 is 0 Å². The Morgan fingerprint density at radius 3 is 2.91 bits per heavy atom. The van der Waals surface area contributed by atoms with Crippen LogP contribution in [-0.4, -0.2) is 10.5 Å². The van der Waals surface area contributed by atoms with Gasteiger partial charge in [0, 0.05) is 13.1 Å². The number of hydrogen-bond donors (Lipinski definition) is 1. The van der Waals surface area contributed by atoms with Crippen molar-refractivity contribution in [2.75, 3.05) is 0 Å². The number of amides is 1. The molecule has 3 rings (SSSR count). The van der Waals surface area contributed by atoms with Crippen molar-refractivity contribution in [1.82, 2.24) is 9.88 Å². The van der Waals surface area contributed by atoms with E-state index in [4.69, 9.17) is 0 Å². The van der Waals surface area contributed by atoms with Gasteiger partial charge in [0.05, 0.1) is 14.0 Å². The minimum atomic E-state index is -0.295. The highest BCUT2D eigenvalue weighted by Gasteiger charge is 2.17. The highest BCUT2D eigenvalue weighted by Crippen LogP contribution is 2.32.